The maximum Gasteiger partial charge on any atom is 0.328 e. The van der Waals surface area contributed by atoms with E-state index >= 15 is 0 Å². The summed E-state index contributed by atoms with van der Waals surface area (Å²) in [5.41, 5.74) is -0.606. The van der Waals surface area contributed by atoms with Crippen LogP contribution < -0.4 is 20.7 Å². The third kappa shape index (κ3) is 4.58. The number of benzene rings is 1. The molecule has 0 bridgehead atoms. The van der Waals surface area contributed by atoms with Gasteiger partial charge in [-0.3, -0.25) is 19.1 Å². The van der Waals surface area contributed by atoms with Gasteiger partial charge in [-0.15, -0.1) is 0 Å². The molecule has 27 heavy (non-hydrogen) atoms. The largest absolute Gasteiger partial charge is 0.497 e. The molecule has 144 valence electrons. The molecule has 1 N–H and O–H groups in total. The number of carbonyl (C=O) groups excluding carboxylic acids is 1. The maximum absolute atomic E-state index is 12.5. The molecule has 1 aromatic heterocycles. The van der Waals surface area contributed by atoms with E-state index in [-0.39, 0.29) is 18.6 Å². The van der Waals surface area contributed by atoms with Gasteiger partial charge in [-0.1, -0.05) is 0 Å². The molecule has 0 saturated carbocycles. The number of methoxy groups -OCH3 is 1. The molecule has 1 aromatic carbocycles. The van der Waals surface area contributed by atoms with Crippen LogP contribution >= 0.6 is 0 Å². The molecule has 0 aliphatic carbocycles. The van der Waals surface area contributed by atoms with Crippen molar-refractivity contribution in [1.29, 1.82) is 0 Å². The average Bonchev–Trinajstić information content (AvgIpc) is 2.67. The lowest BCUT2D eigenvalue weighted by atomic mass is 10.1. The average molecular weight is 373 g/mol. The predicted molar refractivity (Wildman–Crippen MR) is 99.3 cm³/mol. The molecule has 1 aliphatic heterocycles. The summed E-state index contributed by atoms with van der Waals surface area (Å²) in [6.45, 7) is 2.65. The lowest BCUT2D eigenvalue weighted by Crippen LogP contribution is -2.44. The number of hydrogen-bond acceptors (Lipinski definition) is 5. The SMILES string of the molecule is COc1ccc(OC2CCN(C(=O)Cn3cc(C)c(=O)[nH]c3=O)CC2)cc1. The Morgan fingerprint density at radius 2 is 1.78 bits per heavy atom. The molecule has 1 saturated heterocycles. The van der Waals surface area contributed by atoms with Crippen LogP contribution in [-0.2, 0) is 11.3 Å². The number of hydrogen-bond donors (Lipinski definition) is 1. The van der Waals surface area contributed by atoms with Gasteiger partial charge in [-0.2, -0.15) is 0 Å². The first-order valence-corrected chi connectivity index (χ1v) is 8.85. The summed E-state index contributed by atoms with van der Waals surface area (Å²) in [5.74, 6) is 1.40. The second-order valence-corrected chi connectivity index (χ2v) is 6.57. The number of rotatable bonds is 5. The molecular formula is C19H23N3O5. The Bertz CT molecular complexity index is 908. The van der Waals surface area contributed by atoms with E-state index in [0.717, 1.165) is 24.3 Å². The Morgan fingerprint density at radius 3 is 2.41 bits per heavy atom. The highest BCUT2D eigenvalue weighted by Gasteiger charge is 2.24. The van der Waals surface area contributed by atoms with Crippen molar-refractivity contribution in [2.75, 3.05) is 20.2 Å². The zero-order valence-corrected chi connectivity index (χ0v) is 15.4. The van der Waals surface area contributed by atoms with Crippen LogP contribution in [0.5, 0.6) is 11.5 Å². The first kappa shape index (κ1) is 18.8. The molecule has 2 aromatic rings. The minimum Gasteiger partial charge on any atom is -0.497 e. The van der Waals surface area contributed by atoms with E-state index in [1.807, 2.05) is 24.3 Å². The topological polar surface area (TPSA) is 93.6 Å². The first-order valence-electron chi connectivity index (χ1n) is 8.85. The Balaban J connectivity index is 1.54. The molecule has 0 unspecified atom stereocenters. The number of amides is 1. The van der Waals surface area contributed by atoms with Gasteiger partial charge in [0, 0.05) is 37.7 Å². The molecule has 2 heterocycles. The third-order valence-electron chi connectivity index (χ3n) is 4.65. The van der Waals surface area contributed by atoms with E-state index in [9.17, 15) is 14.4 Å². The fourth-order valence-corrected chi connectivity index (χ4v) is 3.05. The smallest absolute Gasteiger partial charge is 0.328 e. The van der Waals surface area contributed by atoms with Gasteiger partial charge < -0.3 is 14.4 Å². The number of carbonyl (C=O) groups is 1. The van der Waals surface area contributed by atoms with Crippen LogP contribution in [0, 0.1) is 6.92 Å². The molecule has 8 nitrogen and oxygen atoms in total. The Hall–Kier alpha value is -3.03. The fraction of sp³-hybridized carbons (Fsp3) is 0.421. The van der Waals surface area contributed by atoms with Crippen molar-refractivity contribution in [3.05, 3.63) is 56.9 Å². The molecule has 1 amide bonds. The number of ether oxygens (including phenoxy) is 2. The van der Waals surface area contributed by atoms with Gasteiger partial charge in [-0.25, -0.2) is 4.79 Å². The lowest BCUT2D eigenvalue weighted by Gasteiger charge is -2.32. The van der Waals surface area contributed by atoms with Crippen molar-refractivity contribution >= 4 is 5.91 Å². The quantitative estimate of drug-likeness (QED) is 0.841. The second kappa shape index (κ2) is 8.11. The van der Waals surface area contributed by atoms with Crippen LogP contribution in [0.2, 0.25) is 0 Å². The Labute approximate surface area is 156 Å². The van der Waals surface area contributed by atoms with E-state index in [0.29, 0.717) is 18.7 Å². The second-order valence-electron chi connectivity index (χ2n) is 6.57. The van der Waals surface area contributed by atoms with Crippen molar-refractivity contribution in [2.45, 2.75) is 32.4 Å². The third-order valence-corrected chi connectivity index (χ3v) is 4.65. The van der Waals surface area contributed by atoms with Crippen molar-refractivity contribution in [2.24, 2.45) is 0 Å². The van der Waals surface area contributed by atoms with Gasteiger partial charge in [0.1, 0.15) is 24.1 Å². The number of H-pyrrole nitrogens is 1. The van der Waals surface area contributed by atoms with Crippen LogP contribution in [-0.4, -0.2) is 46.7 Å². The monoisotopic (exact) mass is 373 g/mol. The summed E-state index contributed by atoms with van der Waals surface area (Å²) in [6.07, 6.45) is 2.90. The number of piperidine rings is 1. The zero-order chi connectivity index (χ0) is 19.4. The van der Waals surface area contributed by atoms with E-state index in [1.54, 1.807) is 18.9 Å². The number of aromatic nitrogens is 2. The number of likely N-dealkylation sites (tertiary alicyclic amines) is 1. The zero-order valence-electron chi connectivity index (χ0n) is 15.4. The highest BCUT2D eigenvalue weighted by Crippen LogP contribution is 2.22. The minimum absolute atomic E-state index is 0.0421. The standard InChI is InChI=1S/C19H23N3O5/c1-13-11-22(19(25)20-18(13)24)12-17(23)21-9-7-16(8-10-21)27-15-5-3-14(26-2)4-6-15/h3-6,11,16H,7-10,12H2,1-2H3,(H,20,24,25). The molecule has 0 atom stereocenters. The molecule has 8 heteroatoms. The summed E-state index contributed by atoms with van der Waals surface area (Å²) < 4.78 is 12.3. The Kier molecular flexibility index (Phi) is 5.63. The van der Waals surface area contributed by atoms with Gasteiger partial charge in [0.2, 0.25) is 5.91 Å². The molecule has 0 radical (unpaired) electrons. The van der Waals surface area contributed by atoms with Crippen molar-refractivity contribution in [1.82, 2.24) is 14.5 Å². The number of nitrogens with zero attached hydrogens (tertiary/aromatic N) is 2. The van der Waals surface area contributed by atoms with Crippen LogP contribution in [0.25, 0.3) is 0 Å². The van der Waals surface area contributed by atoms with Gasteiger partial charge in [0.05, 0.1) is 7.11 Å². The molecular weight excluding hydrogens is 350 g/mol. The number of aromatic amines is 1. The van der Waals surface area contributed by atoms with Gasteiger partial charge in [-0.05, 0) is 31.2 Å². The van der Waals surface area contributed by atoms with Crippen LogP contribution in [0.4, 0.5) is 0 Å². The first-order chi connectivity index (χ1) is 13.0. The highest BCUT2D eigenvalue weighted by molar-refractivity contribution is 5.76. The molecule has 1 fully saturated rings. The maximum atomic E-state index is 12.5. The van der Waals surface area contributed by atoms with Crippen LogP contribution in [0.15, 0.2) is 40.1 Å². The van der Waals surface area contributed by atoms with E-state index < -0.39 is 11.2 Å². The summed E-state index contributed by atoms with van der Waals surface area (Å²) >= 11 is 0. The lowest BCUT2D eigenvalue weighted by molar-refractivity contribution is -0.133. The number of aryl methyl sites for hydroxylation is 1. The van der Waals surface area contributed by atoms with Gasteiger partial charge in [0.25, 0.3) is 5.56 Å². The summed E-state index contributed by atoms with van der Waals surface area (Å²) in [5, 5.41) is 0. The number of nitrogens with one attached hydrogen (secondary N) is 1. The van der Waals surface area contributed by atoms with Gasteiger partial charge in [0.15, 0.2) is 0 Å². The minimum atomic E-state index is -0.573. The van der Waals surface area contributed by atoms with E-state index in [4.69, 9.17) is 9.47 Å². The normalized spacial score (nSPS) is 14.8. The fourth-order valence-electron chi connectivity index (χ4n) is 3.05. The Morgan fingerprint density at radius 1 is 1.15 bits per heavy atom. The van der Waals surface area contributed by atoms with Crippen molar-refractivity contribution in [3.8, 4) is 11.5 Å². The molecule has 0 spiro atoms. The van der Waals surface area contributed by atoms with E-state index in [2.05, 4.69) is 4.98 Å². The summed E-state index contributed by atoms with van der Waals surface area (Å²) in [7, 11) is 1.62. The van der Waals surface area contributed by atoms with Crippen LogP contribution in [0.1, 0.15) is 18.4 Å². The summed E-state index contributed by atoms with van der Waals surface area (Å²) in [6, 6.07) is 7.42. The molecule has 3 rings (SSSR count). The van der Waals surface area contributed by atoms with Crippen LogP contribution in [0.3, 0.4) is 0 Å². The van der Waals surface area contributed by atoms with Crippen molar-refractivity contribution < 1.29 is 14.3 Å². The van der Waals surface area contributed by atoms with Gasteiger partial charge >= 0.3 is 5.69 Å². The van der Waals surface area contributed by atoms with Crippen molar-refractivity contribution in [3.63, 3.8) is 0 Å². The summed E-state index contributed by atoms with van der Waals surface area (Å²) in [4.78, 5) is 39.6. The molecule has 1 aliphatic rings. The predicted octanol–water partition coefficient (Wildman–Crippen LogP) is 0.924. The highest BCUT2D eigenvalue weighted by atomic mass is 16.5. The van der Waals surface area contributed by atoms with E-state index in [1.165, 1.54) is 10.8 Å².